The molecular weight excluding hydrogens is 330 g/mol. The summed E-state index contributed by atoms with van der Waals surface area (Å²) in [5, 5.41) is 2.26. The Morgan fingerprint density at radius 3 is 2.38 bits per heavy atom. The Kier molecular flexibility index (Phi) is 3.03. The van der Waals surface area contributed by atoms with Crippen LogP contribution in [0.15, 0.2) is 71.3 Å². The molecule has 0 fully saturated rings. The predicted molar refractivity (Wildman–Crippen MR) is 94.6 cm³/mol. The number of fused-ring (bicyclic) bond motifs is 2. The lowest BCUT2D eigenvalue weighted by molar-refractivity contribution is 0.0444. The number of ether oxygens (including phenoxy) is 1. The highest BCUT2D eigenvalue weighted by molar-refractivity contribution is 6.15. The highest BCUT2D eigenvalue weighted by Gasteiger charge is 2.30. The van der Waals surface area contributed by atoms with E-state index in [2.05, 4.69) is 15.8 Å². The Balaban J connectivity index is 1.55. The average Bonchev–Trinajstić information content (AvgIpc) is 3.27. The molecule has 3 aromatic carbocycles. The molecule has 26 heavy (non-hydrogen) atoms. The van der Waals surface area contributed by atoms with Crippen molar-refractivity contribution >= 4 is 22.7 Å². The summed E-state index contributed by atoms with van der Waals surface area (Å²) in [6.07, 6.45) is 1.65. The van der Waals surface area contributed by atoms with E-state index in [0.29, 0.717) is 17.2 Å². The fraction of sp³-hybridized carbons (Fsp3) is 0. The average molecular weight is 341 g/mol. The van der Waals surface area contributed by atoms with Crippen LogP contribution in [0.25, 0.3) is 33.6 Å². The molecular formula is C21H11NO4. The van der Waals surface area contributed by atoms with Gasteiger partial charge >= 0.3 is 11.9 Å². The maximum atomic E-state index is 11.7. The fourth-order valence-electron chi connectivity index (χ4n) is 3.10. The van der Waals surface area contributed by atoms with Gasteiger partial charge in [0.05, 0.1) is 17.3 Å². The van der Waals surface area contributed by atoms with E-state index in [1.807, 2.05) is 36.4 Å². The smallest absolute Gasteiger partial charge is 0.346 e. The quantitative estimate of drug-likeness (QED) is 0.397. The van der Waals surface area contributed by atoms with Gasteiger partial charge in [0.1, 0.15) is 0 Å². The zero-order valence-corrected chi connectivity index (χ0v) is 13.4. The highest BCUT2D eigenvalue weighted by atomic mass is 16.6. The molecule has 0 bridgehead atoms. The van der Waals surface area contributed by atoms with Gasteiger partial charge in [-0.05, 0) is 35.0 Å². The molecule has 5 nitrogen and oxygen atoms in total. The van der Waals surface area contributed by atoms with E-state index in [-0.39, 0.29) is 11.1 Å². The summed E-state index contributed by atoms with van der Waals surface area (Å²) >= 11 is 0. The number of benzene rings is 3. The Morgan fingerprint density at radius 1 is 0.731 bits per heavy atom. The maximum absolute atomic E-state index is 11.7. The van der Waals surface area contributed by atoms with E-state index in [9.17, 15) is 9.59 Å². The van der Waals surface area contributed by atoms with Gasteiger partial charge in [0, 0.05) is 11.1 Å². The van der Waals surface area contributed by atoms with E-state index < -0.39 is 11.9 Å². The minimum Gasteiger partial charge on any atom is -0.436 e. The third-order valence-electron chi connectivity index (χ3n) is 4.43. The minimum atomic E-state index is -0.645. The monoisotopic (exact) mass is 341 g/mol. The van der Waals surface area contributed by atoms with Crippen LogP contribution < -0.4 is 0 Å². The zero-order chi connectivity index (χ0) is 17.7. The van der Waals surface area contributed by atoms with Crippen molar-refractivity contribution in [3.05, 3.63) is 78.0 Å². The van der Waals surface area contributed by atoms with Crippen LogP contribution in [0.5, 0.6) is 0 Å². The molecule has 0 N–H and O–H groups in total. The fourth-order valence-corrected chi connectivity index (χ4v) is 3.10. The first-order valence-corrected chi connectivity index (χ1v) is 8.05. The number of hydrogen-bond acceptors (Lipinski definition) is 5. The Hall–Kier alpha value is -3.73. The molecule has 0 radical (unpaired) electrons. The lowest BCUT2D eigenvalue weighted by Crippen LogP contribution is -1.96. The first-order valence-electron chi connectivity index (χ1n) is 8.05. The van der Waals surface area contributed by atoms with Crippen LogP contribution in [-0.4, -0.2) is 16.9 Å². The van der Waals surface area contributed by atoms with Crippen LogP contribution in [0.3, 0.4) is 0 Å². The number of cyclic esters (lactones) is 2. The molecule has 0 spiro atoms. The van der Waals surface area contributed by atoms with Crippen molar-refractivity contribution in [1.82, 2.24) is 4.98 Å². The van der Waals surface area contributed by atoms with Gasteiger partial charge in [-0.1, -0.05) is 36.4 Å². The molecule has 1 aromatic heterocycles. The lowest BCUT2D eigenvalue weighted by Gasteiger charge is -2.01. The Morgan fingerprint density at radius 2 is 1.50 bits per heavy atom. The summed E-state index contributed by atoms with van der Waals surface area (Å²) in [5.74, 6) is -0.262. The predicted octanol–water partition coefficient (Wildman–Crippen LogP) is 4.47. The van der Waals surface area contributed by atoms with Crippen molar-refractivity contribution in [3.8, 4) is 22.8 Å². The van der Waals surface area contributed by atoms with Gasteiger partial charge in [0.15, 0.2) is 5.76 Å². The lowest BCUT2D eigenvalue weighted by atomic mass is 10.1. The van der Waals surface area contributed by atoms with Crippen LogP contribution >= 0.6 is 0 Å². The van der Waals surface area contributed by atoms with Crippen LogP contribution in [0.4, 0.5) is 0 Å². The second kappa shape index (κ2) is 5.39. The molecule has 1 aliphatic heterocycles. The maximum Gasteiger partial charge on any atom is 0.346 e. The van der Waals surface area contributed by atoms with E-state index >= 15 is 0 Å². The van der Waals surface area contributed by atoms with Crippen LogP contribution in [0.1, 0.15) is 20.7 Å². The Labute approximate surface area is 147 Å². The van der Waals surface area contributed by atoms with Crippen molar-refractivity contribution in [3.63, 3.8) is 0 Å². The molecule has 0 atom stereocenters. The summed E-state index contributed by atoms with van der Waals surface area (Å²) in [5.41, 5.74) is 2.03. The minimum absolute atomic E-state index is 0.234. The number of oxazole rings is 1. The normalized spacial score (nSPS) is 13.1. The van der Waals surface area contributed by atoms with E-state index in [1.165, 1.54) is 0 Å². The number of aromatic nitrogens is 1. The number of nitrogens with zero attached hydrogens (tertiary/aromatic N) is 1. The van der Waals surface area contributed by atoms with Gasteiger partial charge < -0.3 is 9.15 Å². The third kappa shape index (κ3) is 2.22. The number of esters is 2. The van der Waals surface area contributed by atoms with Gasteiger partial charge in [0.25, 0.3) is 0 Å². The first-order chi connectivity index (χ1) is 12.7. The molecule has 0 amide bonds. The standard InChI is InChI=1S/C21H11NO4/c23-20-16-8-7-15(10-17(16)21(24)26-20)19-22-11-18(25-19)14-6-5-12-3-1-2-4-13(12)9-14/h1-11H. The van der Waals surface area contributed by atoms with Crippen molar-refractivity contribution in [1.29, 1.82) is 0 Å². The van der Waals surface area contributed by atoms with E-state index in [1.54, 1.807) is 24.4 Å². The molecule has 124 valence electrons. The number of hydrogen-bond donors (Lipinski definition) is 0. The summed E-state index contributed by atoms with van der Waals surface area (Å²) in [6.45, 7) is 0. The van der Waals surface area contributed by atoms with Crippen LogP contribution in [-0.2, 0) is 4.74 Å². The summed E-state index contributed by atoms with van der Waals surface area (Å²) in [7, 11) is 0. The SMILES string of the molecule is O=C1OC(=O)c2cc(-c3ncc(-c4ccc5ccccc5c4)o3)ccc21. The largest absolute Gasteiger partial charge is 0.436 e. The highest BCUT2D eigenvalue weighted by Crippen LogP contribution is 2.30. The molecule has 1 aliphatic rings. The topological polar surface area (TPSA) is 69.4 Å². The summed E-state index contributed by atoms with van der Waals surface area (Å²) < 4.78 is 10.5. The number of carbonyl (C=O) groups excluding carboxylic acids is 2. The first kappa shape index (κ1) is 14.6. The van der Waals surface area contributed by atoms with Gasteiger partial charge in [-0.3, -0.25) is 0 Å². The zero-order valence-electron chi connectivity index (χ0n) is 13.4. The van der Waals surface area contributed by atoms with E-state index in [0.717, 1.165) is 16.3 Å². The van der Waals surface area contributed by atoms with Gasteiger partial charge in [-0.2, -0.15) is 0 Å². The summed E-state index contributed by atoms with van der Waals surface area (Å²) in [6, 6.07) is 18.9. The molecule has 5 rings (SSSR count). The molecule has 4 aromatic rings. The van der Waals surface area contributed by atoms with Gasteiger partial charge in [0.2, 0.25) is 5.89 Å². The molecule has 0 unspecified atom stereocenters. The Bertz CT molecular complexity index is 1210. The second-order valence-corrected chi connectivity index (χ2v) is 6.03. The second-order valence-electron chi connectivity index (χ2n) is 6.03. The molecule has 0 saturated heterocycles. The van der Waals surface area contributed by atoms with Crippen molar-refractivity contribution < 1.29 is 18.7 Å². The van der Waals surface area contributed by atoms with Crippen molar-refractivity contribution in [2.75, 3.05) is 0 Å². The molecule has 2 heterocycles. The van der Waals surface area contributed by atoms with Gasteiger partial charge in [-0.25, -0.2) is 14.6 Å². The molecule has 0 saturated carbocycles. The number of rotatable bonds is 2. The van der Waals surface area contributed by atoms with Crippen molar-refractivity contribution in [2.24, 2.45) is 0 Å². The third-order valence-corrected chi connectivity index (χ3v) is 4.43. The summed E-state index contributed by atoms with van der Waals surface area (Å²) in [4.78, 5) is 27.6. The number of carbonyl (C=O) groups is 2. The molecule has 5 heteroatoms. The molecule has 0 aliphatic carbocycles. The van der Waals surface area contributed by atoms with Gasteiger partial charge in [-0.15, -0.1) is 0 Å². The van der Waals surface area contributed by atoms with Crippen molar-refractivity contribution in [2.45, 2.75) is 0 Å². The van der Waals surface area contributed by atoms with Crippen LogP contribution in [0, 0.1) is 0 Å². The van der Waals surface area contributed by atoms with E-state index in [4.69, 9.17) is 4.42 Å². The van der Waals surface area contributed by atoms with Crippen LogP contribution in [0.2, 0.25) is 0 Å².